The number of methoxy groups -OCH3 is 1. The molecule has 0 fully saturated rings. The van der Waals surface area contributed by atoms with Crippen molar-refractivity contribution in [1.29, 1.82) is 0 Å². The molecule has 1 aromatic rings. The van der Waals surface area contributed by atoms with E-state index in [0.717, 1.165) is 6.07 Å². The molecule has 2 unspecified atom stereocenters. The normalized spacial score (nSPS) is 14.9. The topological polar surface area (TPSA) is 21.3 Å². The average Bonchev–Trinajstić information content (AvgIpc) is 2.29. The Kier molecular flexibility index (Phi) is 4.32. The highest BCUT2D eigenvalue weighted by Gasteiger charge is 2.23. The van der Waals surface area contributed by atoms with Crippen molar-refractivity contribution in [1.82, 2.24) is 5.32 Å². The molecule has 0 heterocycles. The van der Waals surface area contributed by atoms with E-state index in [1.165, 1.54) is 13.2 Å². The van der Waals surface area contributed by atoms with Crippen LogP contribution in [0.3, 0.4) is 0 Å². The molecule has 0 aliphatic heterocycles. The molecule has 0 saturated heterocycles. The minimum absolute atomic E-state index is 0.0516. The van der Waals surface area contributed by atoms with Crippen LogP contribution in [-0.2, 0) is 4.74 Å². The standard InChI is InChI=1S/C11H14F3NO/c1-6(16-3)11(15-2)7-4-5-8(12)10(14)9(7)13/h4-6,11,15H,1-3H3. The molecule has 0 spiro atoms. The summed E-state index contributed by atoms with van der Waals surface area (Å²) in [6.45, 7) is 1.71. The molecule has 1 rings (SSSR count). The molecule has 1 N–H and O–H groups in total. The van der Waals surface area contributed by atoms with Crippen LogP contribution in [0.2, 0.25) is 0 Å². The van der Waals surface area contributed by atoms with Gasteiger partial charge in [0.05, 0.1) is 12.1 Å². The Morgan fingerprint density at radius 2 is 1.81 bits per heavy atom. The largest absolute Gasteiger partial charge is 0.380 e. The zero-order valence-corrected chi connectivity index (χ0v) is 9.35. The van der Waals surface area contributed by atoms with Crippen molar-refractivity contribution in [3.05, 3.63) is 35.1 Å². The maximum Gasteiger partial charge on any atom is 0.194 e. The van der Waals surface area contributed by atoms with Crippen LogP contribution in [0.1, 0.15) is 18.5 Å². The third kappa shape index (κ3) is 2.36. The summed E-state index contributed by atoms with van der Waals surface area (Å²) in [7, 11) is 3.06. The summed E-state index contributed by atoms with van der Waals surface area (Å²) in [6.07, 6.45) is -0.357. The van der Waals surface area contributed by atoms with Crippen molar-refractivity contribution in [2.45, 2.75) is 19.1 Å². The molecule has 2 nitrogen and oxygen atoms in total. The van der Waals surface area contributed by atoms with Crippen LogP contribution >= 0.6 is 0 Å². The van der Waals surface area contributed by atoms with Crippen molar-refractivity contribution in [3.63, 3.8) is 0 Å². The van der Waals surface area contributed by atoms with E-state index in [0.29, 0.717) is 0 Å². The molecule has 0 amide bonds. The second-order valence-electron chi connectivity index (χ2n) is 3.47. The highest BCUT2D eigenvalue weighted by molar-refractivity contribution is 5.24. The first-order chi connectivity index (χ1) is 7.52. The Bertz CT molecular complexity index is 370. The molecule has 0 aromatic heterocycles. The van der Waals surface area contributed by atoms with Crippen molar-refractivity contribution < 1.29 is 17.9 Å². The molecule has 0 aliphatic rings. The van der Waals surface area contributed by atoms with Crippen molar-refractivity contribution >= 4 is 0 Å². The molecule has 90 valence electrons. The first-order valence-electron chi connectivity index (χ1n) is 4.86. The lowest BCUT2D eigenvalue weighted by molar-refractivity contribution is 0.0841. The van der Waals surface area contributed by atoms with Gasteiger partial charge in [0.2, 0.25) is 0 Å². The van der Waals surface area contributed by atoms with Crippen LogP contribution in [0.4, 0.5) is 13.2 Å². The van der Waals surface area contributed by atoms with Gasteiger partial charge >= 0.3 is 0 Å². The van der Waals surface area contributed by atoms with Gasteiger partial charge in [0, 0.05) is 12.7 Å². The van der Waals surface area contributed by atoms with Gasteiger partial charge in [-0.3, -0.25) is 0 Å². The first-order valence-corrected chi connectivity index (χ1v) is 4.86. The Morgan fingerprint density at radius 1 is 1.19 bits per heavy atom. The third-order valence-electron chi connectivity index (χ3n) is 2.55. The number of ether oxygens (including phenoxy) is 1. The molecule has 16 heavy (non-hydrogen) atoms. The Morgan fingerprint density at radius 3 is 2.31 bits per heavy atom. The molecule has 0 aliphatic carbocycles. The van der Waals surface area contributed by atoms with Crippen LogP contribution in [0.25, 0.3) is 0 Å². The van der Waals surface area contributed by atoms with E-state index in [9.17, 15) is 13.2 Å². The zero-order chi connectivity index (χ0) is 12.3. The smallest absolute Gasteiger partial charge is 0.194 e. The van der Waals surface area contributed by atoms with Gasteiger partial charge in [0.1, 0.15) is 0 Å². The SMILES string of the molecule is CNC(c1ccc(F)c(F)c1F)C(C)OC. The maximum atomic E-state index is 13.5. The maximum absolute atomic E-state index is 13.5. The van der Waals surface area contributed by atoms with Crippen LogP contribution in [-0.4, -0.2) is 20.3 Å². The lowest BCUT2D eigenvalue weighted by Gasteiger charge is -2.23. The first kappa shape index (κ1) is 13.0. The molecule has 5 heteroatoms. The van der Waals surface area contributed by atoms with Gasteiger partial charge in [0.25, 0.3) is 0 Å². The minimum Gasteiger partial charge on any atom is -0.380 e. The van der Waals surface area contributed by atoms with Gasteiger partial charge in [-0.1, -0.05) is 6.07 Å². The third-order valence-corrected chi connectivity index (χ3v) is 2.55. The summed E-state index contributed by atoms with van der Waals surface area (Å²) in [6, 6.07) is 1.59. The molecular weight excluding hydrogens is 219 g/mol. The molecule has 0 radical (unpaired) electrons. The van der Waals surface area contributed by atoms with E-state index in [4.69, 9.17) is 4.74 Å². The summed E-state index contributed by atoms with van der Waals surface area (Å²) in [4.78, 5) is 0. The fourth-order valence-corrected chi connectivity index (χ4v) is 1.56. The van der Waals surface area contributed by atoms with E-state index in [-0.39, 0.29) is 11.7 Å². The quantitative estimate of drug-likeness (QED) is 0.806. The van der Waals surface area contributed by atoms with Gasteiger partial charge in [-0.2, -0.15) is 0 Å². The van der Waals surface area contributed by atoms with Crippen molar-refractivity contribution in [2.24, 2.45) is 0 Å². The summed E-state index contributed by atoms with van der Waals surface area (Å²) in [5.41, 5.74) is 0.0516. The average molecular weight is 233 g/mol. The second kappa shape index (κ2) is 5.32. The Labute approximate surface area is 92.4 Å². The number of hydrogen-bond acceptors (Lipinski definition) is 2. The van der Waals surface area contributed by atoms with Crippen molar-refractivity contribution in [3.8, 4) is 0 Å². The predicted octanol–water partition coefficient (Wildman–Crippen LogP) is 2.40. The van der Waals surface area contributed by atoms with E-state index in [1.807, 2.05) is 0 Å². The summed E-state index contributed by atoms with van der Waals surface area (Å²) >= 11 is 0. The molecule has 2 atom stereocenters. The van der Waals surface area contributed by atoms with Crippen LogP contribution in [0, 0.1) is 17.5 Å². The molecule has 0 saturated carbocycles. The number of rotatable bonds is 4. The summed E-state index contributed by atoms with van der Waals surface area (Å²) in [5.74, 6) is -3.83. The van der Waals surface area contributed by atoms with Crippen molar-refractivity contribution in [2.75, 3.05) is 14.2 Å². The minimum atomic E-state index is -1.46. The Hall–Kier alpha value is -1.07. The highest BCUT2D eigenvalue weighted by atomic mass is 19.2. The van der Waals surface area contributed by atoms with Gasteiger partial charge in [0.15, 0.2) is 17.5 Å². The van der Waals surface area contributed by atoms with Gasteiger partial charge < -0.3 is 10.1 Å². The number of benzene rings is 1. The van der Waals surface area contributed by atoms with Gasteiger partial charge in [-0.05, 0) is 20.0 Å². The fraction of sp³-hybridized carbons (Fsp3) is 0.455. The van der Waals surface area contributed by atoms with E-state index >= 15 is 0 Å². The highest BCUT2D eigenvalue weighted by Crippen LogP contribution is 2.24. The fourth-order valence-electron chi connectivity index (χ4n) is 1.56. The predicted molar refractivity (Wildman–Crippen MR) is 54.6 cm³/mol. The number of hydrogen-bond donors (Lipinski definition) is 1. The number of halogens is 3. The summed E-state index contributed by atoms with van der Waals surface area (Å²) in [5, 5.41) is 2.80. The number of likely N-dealkylation sites (N-methyl/N-ethyl adjacent to an activating group) is 1. The van der Waals surface area contributed by atoms with Crippen LogP contribution in [0.5, 0.6) is 0 Å². The monoisotopic (exact) mass is 233 g/mol. The van der Waals surface area contributed by atoms with Crippen LogP contribution in [0.15, 0.2) is 12.1 Å². The molecular formula is C11H14F3NO. The van der Waals surface area contributed by atoms with Gasteiger partial charge in [-0.15, -0.1) is 0 Å². The molecule has 0 bridgehead atoms. The second-order valence-corrected chi connectivity index (χ2v) is 3.47. The number of nitrogens with one attached hydrogen (secondary N) is 1. The van der Waals surface area contributed by atoms with E-state index < -0.39 is 23.5 Å². The Balaban J connectivity index is 3.16. The van der Waals surface area contributed by atoms with Gasteiger partial charge in [-0.25, -0.2) is 13.2 Å². The lowest BCUT2D eigenvalue weighted by atomic mass is 10.0. The summed E-state index contributed by atoms with van der Waals surface area (Å²) < 4.78 is 44.3. The van der Waals surface area contributed by atoms with E-state index in [2.05, 4.69) is 5.32 Å². The molecule has 1 aromatic carbocycles. The zero-order valence-electron chi connectivity index (χ0n) is 9.35. The van der Waals surface area contributed by atoms with Crippen LogP contribution < -0.4 is 5.32 Å². The lowest BCUT2D eigenvalue weighted by Crippen LogP contribution is -2.29. The van der Waals surface area contributed by atoms with E-state index in [1.54, 1.807) is 14.0 Å².